The van der Waals surface area contributed by atoms with Crippen molar-refractivity contribution in [3.63, 3.8) is 0 Å². The minimum Gasteiger partial charge on any atom is -0.311 e. The lowest BCUT2D eigenvalue weighted by atomic mass is 10.1. The molecule has 2 aromatic carbocycles. The van der Waals surface area contributed by atoms with E-state index in [-0.39, 0.29) is 23.7 Å². The minimum atomic E-state index is -0.373. The number of nitrogens with zero attached hydrogens (tertiary/aromatic N) is 5. The Balaban J connectivity index is 1.73. The van der Waals surface area contributed by atoms with Gasteiger partial charge in [0.1, 0.15) is 0 Å². The molecule has 1 unspecified atom stereocenters. The van der Waals surface area contributed by atoms with Gasteiger partial charge in [-0.1, -0.05) is 54.4 Å². The fourth-order valence-corrected chi connectivity index (χ4v) is 4.76. The Hall–Kier alpha value is -3.32. The largest absolute Gasteiger partial charge is 0.332 e. The standard InChI is InChI=1S/C25H26ClN5O2/c1-15-5-8-18(9-6-15)14-31-23(32)21-22(28(4)25(31)33)27-24-29(12-16(2)13-30(21)24)20-11-19(26)10-7-17(20)3/h5-11,16H,12-14H2,1-4H3. The Labute approximate surface area is 196 Å². The van der Waals surface area contributed by atoms with E-state index in [2.05, 4.69) is 11.8 Å². The minimum absolute atomic E-state index is 0.217. The number of fused-ring (bicyclic) bond motifs is 3. The third-order valence-corrected chi connectivity index (χ3v) is 6.60. The lowest BCUT2D eigenvalue weighted by Crippen LogP contribution is -2.40. The molecule has 0 N–H and O–H groups in total. The molecule has 0 saturated carbocycles. The summed E-state index contributed by atoms with van der Waals surface area (Å²) in [6.45, 7) is 7.80. The summed E-state index contributed by atoms with van der Waals surface area (Å²) >= 11 is 6.30. The van der Waals surface area contributed by atoms with Gasteiger partial charge in [0, 0.05) is 30.8 Å². The number of halogens is 1. The molecule has 3 heterocycles. The number of benzene rings is 2. The summed E-state index contributed by atoms with van der Waals surface area (Å²) in [4.78, 5) is 33.7. The molecular weight excluding hydrogens is 438 g/mol. The molecule has 2 aromatic heterocycles. The number of hydrogen-bond acceptors (Lipinski definition) is 4. The van der Waals surface area contributed by atoms with Crippen LogP contribution in [0.1, 0.15) is 23.6 Å². The molecule has 7 nitrogen and oxygen atoms in total. The van der Waals surface area contributed by atoms with Gasteiger partial charge in [-0.3, -0.25) is 13.9 Å². The van der Waals surface area contributed by atoms with E-state index in [1.54, 1.807) is 7.05 Å². The van der Waals surface area contributed by atoms with E-state index in [1.807, 2.05) is 60.9 Å². The predicted octanol–water partition coefficient (Wildman–Crippen LogP) is 4.00. The van der Waals surface area contributed by atoms with Crippen LogP contribution in [0, 0.1) is 19.8 Å². The quantitative estimate of drug-likeness (QED) is 0.460. The smallest absolute Gasteiger partial charge is 0.311 e. The first-order valence-corrected chi connectivity index (χ1v) is 11.4. The Morgan fingerprint density at radius 3 is 2.52 bits per heavy atom. The second kappa shape index (κ2) is 7.92. The normalized spacial score (nSPS) is 15.8. The van der Waals surface area contributed by atoms with Crippen LogP contribution in [0.2, 0.25) is 5.02 Å². The highest BCUT2D eigenvalue weighted by Crippen LogP contribution is 2.35. The van der Waals surface area contributed by atoms with E-state index >= 15 is 0 Å². The van der Waals surface area contributed by atoms with Crippen molar-refractivity contribution in [2.24, 2.45) is 13.0 Å². The Kier molecular flexibility index (Phi) is 5.16. The maximum Gasteiger partial charge on any atom is 0.332 e. The predicted molar refractivity (Wildman–Crippen MR) is 132 cm³/mol. The summed E-state index contributed by atoms with van der Waals surface area (Å²) in [5.74, 6) is 0.934. The van der Waals surface area contributed by atoms with Gasteiger partial charge in [-0.2, -0.15) is 4.98 Å². The van der Waals surface area contributed by atoms with E-state index in [1.165, 1.54) is 9.13 Å². The lowest BCUT2D eigenvalue weighted by molar-refractivity contribution is 0.457. The molecule has 1 aliphatic rings. The molecule has 0 bridgehead atoms. The summed E-state index contributed by atoms with van der Waals surface area (Å²) in [6, 6.07) is 13.6. The van der Waals surface area contributed by atoms with Crippen LogP contribution in [0.3, 0.4) is 0 Å². The highest BCUT2D eigenvalue weighted by atomic mass is 35.5. The molecule has 0 radical (unpaired) electrons. The van der Waals surface area contributed by atoms with Crippen molar-refractivity contribution in [2.45, 2.75) is 33.9 Å². The van der Waals surface area contributed by atoms with Crippen LogP contribution < -0.4 is 16.1 Å². The van der Waals surface area contributed by atoms with Gasteiger partial charge < -0.3 is 9.47 Å². The fourth-order valence-electron chi connectivity index (χ4n) is 4.60. The molecular formula is C25H26ClN5O2. The highest BCUT2D eigenvalue weighted by Gasteiger charge is 2.30. The molecule has 0 spiro atoms. The van der Waals surface area contributed by atoms with Crippen LogP contribution >= 0.6 is 11.6 Å². The fraction of sp³-hybridized carbons (Fsp3) is 0.320. The SMILES string of the molecule is Cc1ccc(Cn2c(=O)c3c(nc4n3CC(C)CN4c3cc(Cl)ccc3C)n(C)c2=O)cc1. The average molecular weight is 464 g/mol. The van der Waals surface area contributed by atoms with Crippen molar-refractivity contribution >= 4 is 34.4 Å². The van der Waals surface area contributed by atoms with E-state index in [0.717, 1.165) is 28.9 Å². The first-order chi connectivity index (χ1) is 15.7. The highest BCUT2D eigenvalue weighted by molar-refractivity contribution is 6.30. The van der Waals surface area contributed by atoms with Crippen LogP contribution in [0.5, 0.6) is 0 Å². The molecule has 0 aliphatic carbocycles. The van der Waals surface area contributed by atoms with Crippen molar-refractivity contribution in [3.8, 4) is 0 Å². The van der Waals surface area contributed by atoms with Gasteiger partial charge in [-0.15, -0.1) is 0 Å². The third-order valence-electron chi connectivity index (χ3n) is 6.37. The van der Waals surface area contributed by atoms with Crippen LogP contribution in [-0.2, 0) is 20.1 Å². The van der Waals surface area contributed by atoms with Crippen LogP contribution in [-0.4, -0.2) is 25.2 Å². The number of anilines is 2. The van der Waals surface area contributed by atoms with Crippen LogP contribution in [0.4, 0.5) is 11.6 Å². The summed E-state index contributed by atoms with van der Waals surface area (Å²) < 4.78 is 4.73. The molecule has 8 heteroatoms. The van der Waals surface area contributed by atoms with Crippen molar-refractivity contribution in [3.05, 3.63) is 85.0 Å². The van der Waals surface area contributed by atoms with E-state index in [9.17, 15) is 9.59 Å². The second-order valence-electron chi connectivity index (χ2n) is 9.06. The Morgan fingerprint density at radius 2 is 1.79 bits per heavy atom. The molecule has 1 atom stereocenters. The number of aromatic nitrogens is 4. The van der Waals surface area contributed by atoms with Gasteiger partial charge >= 0.3 is 5.69 Å². The zero-order valence-corrected chi connectivity index (χ0v) is 19.9. The van der Waals surface area contributed by atoms with Gasteiger partial charge in [0.15, 0.2) is 11.2 Å². The zero-order valence-electron chi connectivity index (χ0n) is 19.2. The van der Waals surface area contributed by atoms with Crippen LogP contribution in [0.25, 0.3) is 11.2 Å². The topological polar surface area (TPSA) is 65.1 Å². The maximum atomic E-state index is 13.6. The summed E-state index contributed by atoms with van der Waals surface area (Å²) in [5.41, 5.74) is 4.22. The zero-order chi connectivity index (χ0) is 23.4. The number of imidazole rings is 1. The monoisotopic (exact) mass is 463 g/mol. The number of rotatable bonds is 3. The van der Waals surface area contributed by atoms with Crippen molar-refractivity contribution in [2.75, 3.05) is 11.4 Å². The summed E-state index contributed by atoms with van der Waals surface area (Å²) in [7, 11) is 1.67. The van der Waals surface area contributed by atoms with Gasteiger partial charge in [-0.25, -0.2) is 4.79 Å². The molecule has 170 valence electrons. The lowest BCUT2D eigenvalue weighted by Gasteiger charge is -2.33. The number of aryl methyl sites for hydroxylation is 3. The van der Waals surface area contributed by atoms with Gasteiger partial charge in [0.25, 0.3) is 5.56 Å². The van der Waals surface area contributed by atoms with E-state index in [4.69, 9.17) is 16.6 Å². The molecule has 0 fully saturated rings. The maximum absolute atomic E-state index is 13.6. The first-order valence-electron chi connectivity index (χ1n) is 11.0. The Bertz CT molecular complexity index is 1500. The van der Waals surface area contributed by atoms with Crippen molar-refractivity contribution < 1.29 is 0 Å². The van der Waals surface area contributed by atoms with Crippen molar-refractivity contribution in [1.29, 1.82) is 0 Å². The van der Waals surface area contributed by atoms with Crippen molar-refractivity contribution in [1.82, 2.24) is 18.7 Å². The molecule has 4 aromatic rings. The average Bonchev–Trinajstić information content (AvgIpc) is 3.17. The van der Waals surface area contributed by atoms with Crippen LogP contribution in [0.15, 0.2) is 52.1 Å². The molecule has 33 heavy (non-hydrogen) atoms. The first kappa shape index (κ1) is 21.5. The Morgan fingerprint density at radius 1 is 1.06 bits per heavy atom. The molecule has 1 aliphatic heterocycles. The molecule has 0 amide bonds. The van der Waals surface area contributed by atoms with E-state index in [0.29, 0.717) is 28.7 Å². The molecule has 5 rings (SSSR count). The molecule has 0 saturated heterocycles. The van der Waals surface area contributed by atoms with Gasteiger partial charge in [0.05, 0.1) is 6.54 Å². The van der Waals surface area contributed by atoms with Gasteiger partial charge in [0.2, 0.25) is 5.95 Å². The number of hydrogen-bond donors (Lipinski definition) is 0. The second-order valence-corrected chi connectivity index (χ2v) is 9.50. The summed E-state index contributed by atoms with van der Waals surface area (Å²) in [5, 5.41) is 0.643. The summed E-state index contributed by atoms with van der Waals surface area (Å²) in [6.07, 6.45) is 0. The van der Waals surface area contributed by atoms with Gasteiger partial charge in [-0.05, 0) is 43.0 Å². The third kappa shape index (κ3) is 3.56. The van der Waals surface area contributed by atoms with E-state index < -0.39 is 0 Å².